The van der Waals surface area contributed by atoms with Crippen LogP contribution < -0.4 is 22.1 Å². The van der Waals surface area contributed by atoms with Crippen LogP contribution in [0.2, 0.25) is 0 Å². The number of carboxylic acids is 1. The van der Waals surface area contributed by atoms with Crippen LogP contribution in [0.3, 0.4) is 0 Å². The maximum Gasteiger partial charge on any atom is 0.326 e. The van der Waals surface area contributed by atoms with Crippen LogP contribution in [-0.4, -0.2) is 59.4 Å². The normalized spacial score (nSPS) is 20.9. The second kappa shape index (κ2) is 13.6. The SMILES string of the molecule is CSCC[C@H](N)C(=O)NCC1CCC(C(=O)N[C@H](CC(N)=O)C(=O)O)CC1.Cl. The minimum absolute atomic E-state index is 0. The molecule has 0 aromatic carbocycles. The van der Waals surface area contributed by atoms with E-state index in [0.29, 0.717) is 25.8 Å². The lowest BCUT2D eigenvalue weighted by molar-refractivity contribution is -0.144. The van der Waals surface area contributed by atoms with Gasteiger partial charge in [0.1, 0.15) is 6.04 Å². The number of aliphatic carboxylic acids is 1. The smallest absolute Gasteiger partial charge is 0.326 e. The number of nitrogens with one attached hydrogen (secondary N) is 2. The van der Waals surface area contributed by atoms with E-state index in [9.17, 15) is 19.2 Å². The third-order valence-electron chi connectivity index (χ3n) is 4.77. The monoisotopic (exact) mass is 438 g/mol. The Bertz CT molecular complexity index is 544. The van der Waals surface area contributed by atoms with Crippen molar-refractivity contribution in [3.63, 3.8) is 0 Å². The Morgan fingerprint density at radius 3 is 2.29 bits per heavy atom. The molecule has 1 fully saturated rings. The van der Waals surface area contributed by atoms with Gasteiger partial charge in [-0.1, -0.05) is 0 Å². The molecule has 162 valence electrons. The maximum atomic E-state index is 12.2. The fourth-order valence-corrected chi connectivity index (χ4v) is 3.56. The summed E-state index contributed by atoms with van der Waals surface area (Å²) < 4.78 is 0. The highest BCUT2D eigenvalue weighted by atomic mass is 35.5. The van der Waals surface area contributed by atoms with E-state index in [1.54, 1.807) is 11.8 Å². The highest BCUT2D eigenvalue weighted by molar-refractivity contribution is 7.98. The third kappa shape index (κ3) is 9.61. The van der Waals surface area contributed by atoms with Gasteiger partial charge in [-0.15, -0.1) is 12.4 Å². The van der Waals surface area contributed by atoms with Gasteiger partial charge in [0.2, 0.25) is 17.7 Å². The number of rotatable bonds is 11. The molecule has 0 aliphatic heterocycles. The van der Waals surface area contributed by atoms with E-state index in [1.165, 1.54) is 0 Å². The van der Waals surface area contributed by atoms with Crippen LogP contribution in [-0.2, 0) is 19.2 Å². The average molecular weight is 439 g/mol. The molecule has 0 heterocycles. The molecule has 0 spiro atoms. The lowest BCUT2D eigenvalue weighted by Gasteiger charge is -2.29. The predicted molar refractivity (Wildman–Crippen MR) is 110 cm³/mol. The van der Waals surface area contributed by atoms with Crippen LogP contribution in [0.4, 0.5) is 0 Å². The van der Waals surface area contributed by atoms with Crippen molar-refractivity contribution in [2.75, 3.05) is 18.6 Å². The Hall–Kier alpha value is -1.52. The van der Waals surface area contributed by atoms with Gasteiger partial charge in [0.05, 0.1) is 12.5 Å². The summed E-state index contributed by atoms with van der Waals surface area (Å²) in [5, 5.41) is 14.3. The quantitative estimate of drug-likeness (QED) is 0.299. The first-order valence-electron chi connectivity index (χ1n) is 9.08. The summed E-state index contributed by atoms with van der Waals surface area (Å²) in [4.78, 5) is 46.2. The van der Waals surface area contributed by atoms with E-state index < -0.39 is 30.4 Å². The number of hydrogen-bond donors (Lipinski definition) is 5. The Kier molecular flexibility index (Phi) is 12.9. The van der Waals surface area contributed by atoms with Gasteiger partial charge >= 0.3 is 5.97 Å². The van der Waals surface area contributed by atoms with Crippen LogP contribution in [0, 0.1) is 11.8 Å². The van der Waals surface area contributed by atoms with Gasteiger partial charge in [-0.3, -0.25) is 14.4 Å². The second-order valence-corrected chi connectivity index (χ2v) is 7.91. The zero-order valence-electron chi connectivity index (χ0n) is 16.0. The van der Waals surface area contributed by atoms with Gasteiger partial charge in [-0.05, 0) is 50.0 Å². The summed E-state index contributed by atoms with van der Waals surface area (Å²) in [6, 6.07) is -1.80. The van der Waals surface area contributed by atoms with Crippen molar-refractivity contribution in [1.29, 1.82) is 0 Å². The lowest BCUT2D eigenvalue weighted by Crippen LogP contribution is -2.46. The van der Waals surface area contributed by atoms with Crippen LogP contribution in [0.25, 0.3) is 0 Å². The first-order chi connectivity index (χ1) is 12.7. The summed E-state index contributed by atoms with van der Waals surface area (Å²) in [5.74, 6) is -1.77. The van der Waals surface area contributed by atoms with E-state index >= 15 is 0 Å². The molecular formula is C17H31ClN4O5S. The minimum Gasteiger partial charge on any atom is -0.480 e. The molecule has 0 radical (unpaired) electrons. The number of halogens is 1. The number of carbonyl (C=O) groups is 4. The molecule has 11 heteroatoms. The largest absolute Gasteiger partial charge is 0.480 e. The van der Waals surface area contributed by atoms with Crippen molar-refractivity contribution in [1.82, 2.24) is 10.6 Å². The van der Waals surface area contributed by atoms with E-state index in [4.69, 9.17) is 16.6 Å². The van der Waals surface area contributed by atoms with Crippen LogP contribution in [0.5, 0.6) is 0 Å². The topological polar surface area (TPSA) is 165 Å². The molecule has 2 atom stereocenters. The van der Waals surface area contributed by atoms with Crippen LogP contribution in [0.15, 0.2) is 0 Å². The van der Waals surface area contributed by atoms with Gasteiger partial charge in [0, 0.05) is 12.5 Å². The fourth-order valence-electron chi connectivity index (χ4n) is 3.07. The van der Waals surface area contributed by atoms with Crippen LogP contribution >= 0.6 is 24.2 Å². The molecule has 0 bridgehead atoms. The van der Waals surface area contributed by atoms with Crippen molar-refractivity contribution in [2.24, 2.45) is 23.3 Å². The number of primary amides is 1. The maximum absolute atomic E-state index is 12.2. The molecule has 0 aromatic rings. The van der Waals surface area contributed by atoms with Crippen LogP contribution in [0.1, 0.15) is 38.5 Å². The number of nitrogens with two attached hydrogens (primary N) is 2. The fraction of sp³-hybridized carbons (Fsp3) is 0.765. The molecular weight excluding hydrogens is 408 g/mol. The highest BCUT2D eigenvalue weighted by Crippen LogP contribution is 2.28. The highest BCUT2D eigenvalue weighted by Gasteiger charge is 2.30. The molecule has 0 unspecified atom stereocenters. The standard InChI is InChI=1S/C17H30N4O5S.ClH/c1-27-7-6-12(18)16(24)20-9-10-2-4-11(5-3-10)15(23)21-13(17(25)26)8-14(19)22;/h10-13H,2-9,18H2,1H3,(H2,19,22)(H,20,24)(H,21,23)(H,25,26);1H/t10?,11?,12-,13+;/m0./s1. The molecule has 1 saturated carbocycles. The number of amides is 3. The molecule has 1 rings (SSSR count). The van der Waals surface area contributed by atoms with Crippen molar-refractivity contribution in [3.8, 4) is 0 Å². The third-order valence-corrected chi connectivity index (χ3v) is 5.42. The average Bonchev–Trinajstić information content (AvgIpc) is 2.63. The summed E-state index contributed by atoms with van der Waals surface area (Å²) in [6.45, 7) is 0.527. The number of thioether (sulfide) groups is 1. The van der Waals surface area contributed by atoms with Crippen molar-refractivity contribution >= 4 is 47.9 Å². The molecule has 0 aromatic heterocycles. The molecule has 0 saturated heterocycles. The van der Waals surface area contributed by atoms with E-state index in [-0.39, 0.29) is 36.1 Å². The summed E-state index contributed by atoms with van der Waals surface area (Å²) in [7, 11) is 0. The zero-order valence-corrected chi connectivity index (χ0v) is 17.7. The first-order valence-corrected chi connectivity index (χ1v) is 10.5. The zero-order chi connectivity index (χ0) is 20.4. The van der Waals surface area contributed by atoms with Gasteiger partial charge in [0.25, 0.3) is 0 Å². The Morgan fingerprint density at radius 1 is 1.18 bits per heavy atom. The number of carboxylic acid groups (broad SMARTS) is 1. The first kappa shape index (κ1) is 26.5. The molecule has 1 aliphatic carbocycles. The molecule has 9 nitrogen and oxygen atoms in total. The second-order valence-electron chi connectivity index (χ2n) is 6.92. The Labute approximate surface area is 175 Å². The van der Waals surface area contributed by atoms with Crippen molar-refractivity contribution in [3.05, 3.63) is 0 Å². The lowest BCUT2D eigenvalue weighted by atomic mass is 9.81. The summed E-state index contributed by atoms with van der Waals surface area (Å²) in [6.07, 6.45) is 4.89. The van der Waals surface area contributed by atoms with Gasteiger partial charge in [-0.2, -0.15) is 11.8 Å². The number of hydrogen-bond acceptors (Lipinski definition) is 6. The minimum atomic E-state index is -1.30. The predicted octanol–water partition coefficient (Wildman–Crippen LogP) is -0.144. The molecule has 1 aliphatic rings. The van der Waals surface area contributed by atoms with E-state index in [1.807, 2.05) is 6.26 Å². The van der Waals surface area contributed by atoms with Crippen molar-refractivity contribution < 1.29 is 24.3 Å². The Morgan fingerprint density at radius 2 is 1.79 bits per heavy atom. The molecule has 28 heavy (non-hydrogen) atoms. The van der Waals surface area contributed by atoms with Crippen molar-refractivity contribution in [2.45, 2.75) is 50.6 Å². The van der Waals surface area contributed by atoms with Gasteiger partial charge in [-0.25, -0.2) is 4.79 Å². The summed E-state index contributed by atoms with van der Waals surface area (Å²) >= 11 is 1.65. The Balaban J connectivity index is 0.00000729. The van der Waals surface area contributed by atoms with E-state index in [2.05, 4.69) is 10.6 Å². The number of carbonyl (C=O) groups excluding carboxylic acids is 3. The molecule has 7 N–H and O–H groups in total. The van der Waals surface area contributed by atoms with E-state index in [0.717, 1.165) is 18.6 Å². The van der Waals surface area contributed by atoms with Gasteiger partial charge in [0.15, 0.2) is 0 Å². The summed E-state index contributed by atoms with van der Waals surface area (Å²) in [5.41, 5.74) is 10.8. The van der Waals surface area contributed by atoms with Gasteiger partial charge < -0.3 is 27.2 Å². The molecule has 3 amide bonds.